The molecule has 3 rings (SSSR count). The summed E-state index contributed by atoms with van der Waals surface area (Å²) >= 11 is 3.50. The molecule has 3 unspecified atom stereocenters. The van der Waals surface area contributed by atoms with Crippen molar-refractivity contribution in [3.05, 3.63) is 34.4 Å². The van der Waals surface area contributed by atoms with Gasteiger partial charge in [0.05, 0.1) is 12.6 Å². The smallest absolute Gasteiger partial charge is 0.356 e. The molecule has 2 aromatic rings. The predicted octanol–water partition coefficient (Wildman–Crippen LogP) is 4.28. The minimum atomic E-state index is -0.770. The van der Waals surface area contributed by atoms with Gasteiger partial charge in [0.2, 0.25) is 0 Å². The van der Waals surface area contributed by atoms with Crippen LogP contribution in [-0.4, -0.2) is 39.3 Å². The highest BCUT2D eigenvalue weighted by Crippen LogP contribution is 2.31. The van der Waals surface area contributed by atoms with Crippen LogP contribution < -0.4 is 5.32 Å². The van der Waals surface area contributed by atoms with Crippen LogP contribution in [0.4, 0.5) is 5.69 Å². The van der Waals surface area contributed by atoms with Crippen LogP contribution in [0.5, 0.6) is 0 Å². The van der Waals surface area contributed by atoms with Crippen molar-refractivity contribution in [3.63, 3.8) is 0 Å². The third kappa shape index (κ3) is 4.26. The van der Waals surface area contributed by atoms with E-state index in [1.807, 2.05) is 25.1 Å². The average molecular weight is 439 g/mol. The summed E-state index contributed by atoms with van der Waals surface area (Å²) in [4.78, 5) is 16.4. The average Bonchev–Trinajstić information content (AvgIpc) is 2.67. The number of anilines is 1. The van der Waals surface area contributed by atoms with Gasteiger partial charge in [0.1, 0.15) is 0 Å². The van der Waals surface area contributed by atoms with Crippen molar-refractivity contribution in [3.8, 4) is 0 Å². The molecule has 0 spiro atoms. The van der Waals surface area contributed by atoms with Gasteiger partial charge in [-0.05, 0) is 43.5 Å². The minimum Gasteiger partial charge on any atom is -0.464 e. The van der Waals surface area contributed by atoms with E-state index < -0.39 is 16.8 Å². The number of esters is 1. The summed E-state index contributed by atoms with van der Waals surface area (Å²) in [6.07, 6.45) is 3.99. The van der Waals surface area contributed by atoms with Gasteiger partial charge in [-0.2, -0.15) is 0 Å². The lowest BCUT2D eigenvalue weighted by Crippen LogP contribution is -2.33. The number of hydrogen-bond acceptors (Lipinski definition) is 5. The molecule has 1 N–H and O–H groups in total. The Bertz CT molecular complexity index is 843. The molecule has 1 fully saturated rings. The summed E-state index contributed by atoms with van der Waals surface area (Å²) in [7, 11) is 0.586. The molecule has 0 amide bonds. The van der Waals surface area contributed by atoms with E-state index in [4.69, 9.17) is 4.74 Å². The molecule has 7 heteroatoms. The van der Waals surface area contributed by atoms with Gasteiger partial charge in [-0.1, -0.05) is 29.3 Å². The number of nitrogens with one attached hydrogen (secondary N) is 1. The van der Waals surface area contributed by atoms with Gasteiger partial charge in [-0.15, -0.1) is 0 Å². The van der Waals surface area contributed by atoms with Crippen LogP contribution in [0.2, 0.25) is 0 Å². The Morgan fingerprint density at radius 1 is 1.38 bits per heavy atom. The Morgan fingerprint density at radius 2 is 2.19 bits per heavy atom. The Hall–Kier alpha value is -1.47. The maximum absolute atomic E-state index is 12.2. The number of ether oxygens (including phenoxy) is 1. The molecule has 1 aliphatic carbocycles. The van der Waals surface area contributed by atoms with Gasteiger partial charge in [-0.25, -0.2) is 9.78 Å². The molecule has 0 radical (unpaired) electrons. The topological polar surface area (TPSA) is 68.3 Å². The van der Waals surface area contributed by atoms with Crippen LogP contribution in [-0.2, 0) is 15.5 Å². The Balaban J connectivity index is 1.93. The first-order valence-electron chi connectivity index (χ1n) is 8.84. The van der Waals surface area contributed by atoms with E-state index in [1.165, 1.54) is 7.11 Å². The third-order valence-corrected chi connectivity index (χ3v) is 7.04. The van der Waals surface area contributed by atoms with Gasteiger partial charge in [0.15, 0.2) is 5.69 Å². The second kappa shape index (κ2) is 8.48. The summed E-state index contributed by atoms with van der Waals surface area (Å²) in [5.74, 6) is 0.251. The lowest BCUT2D eigenvalue weighted by molar-refractivity contribution is 0.0594. The molecule has 0 bridgehead atoms. The first-order valence-corrected chi connectivity index (χ1v) is 11.0. The molecule has 5 nitrogen and oxygen atoms in total. The zero-order chi connectivity index (χ0) is 18.7. The molecule has 0 aliphatic heterocycles. The molecule has 1 aromatic heterocycles. The van der Waals surface area contributed by atoms with Crippen LogP contribution in [0.15, 0.2) is 28.7 Å². The number of methoxy groups -OCH3 is 1. The number of halogens is 1. The van der Waals surface area contributed by atoms with Crippen molar-refractivity contribution in [1.29, 1.82) is 0 Å². The highest BCUT2D eigenvalue weighted by atomic mass is 79.9. The van der Waals surface area contributed by atoms with E-state index in [0.29, 0.717) is 5.75 Å². The molecule has 1 aromatic carbocycles. The number of nitrogens with zero attached hydrogens (tertiary/aromatic N) is 1. The van der Waals surface area contributed by atoms with E-state index in [9.17, 15) is 9.00 Å². The second-order valence-electron chi connectivity index (χ2n) is 6.51. The minimum absolute atomic E-state index is 0.235. The molecule has 1 aliphatic rings. The first-order chi connectivity index (χ1) is 12.5. The molecule has 0 saturated heterocycles. The largest absolute Gasteiger partial charge is 0.464 e. The van der Waals surface area contributed by atoms with Crippen molar-refractivity contribution in [1.82, 2.24) is 4.98 Å². The van der Waals surface area contributed by atoms with E-state index in [-0.39, 0.29) is 17.0 Å². The van der Waals surface area contributed by atoms with Crippen molar-refractivity contribution >= 4 is 49.3 Å². The number of aromatic nitrogens is 1. The molecular weight excluding hydrogens is 416 g/mol. The highest BCUT2D eigenvalue weighted by molar-refractivity contribution is 9.10. The molecule has 140 valence electrons. The van der Waals surface area contributed by atoms with Gasteiger partial charge in [0.25, 0.3) is 0 Å². The van der Waals surface area contributed by atoms with Crippen LogP contribution >= 0.6 is 15.9 Å². The fourth-order valence-corrected chi connectivity index (χ4v) is 5.21. The maximum atomic E-state index is 12.2. The van der Waals surface area contributed by atoms with Gasteiger partial charge >= 0.3 is 5.97 Å². The normalized spacial score (nSPS) is 21.3. The zero-order valence-electron chi connectivity index (χ0n) is 15.0. The first kappa shape index (κ1) is 19.3. The number of carbonyl (C=O) groups excluding carboxylic acids is 1. The van der Waals surface area contributed by atoms with Crippen molar-refractivity contribution in [2.75, 3.05) is 18.2 Å². The van der Waals surface area contributed by atoms with Crippen molar-refractivity contribution in [2.24, 2.45) is 0 Å². The van der Waals surface area contributed by atoms with E-state index >= 15 is 0 Å². The van der Waals surface area contributed by atoms with Gasteiger partial charge < -0.3 is 10.1 Å². The fourth-order valence-electron chi connectivity index (χ4n) is 3.50. The van der Waals surface area contributed by atoms with Crippen molar-refractivity contribution in [2.45, 2.75) is 43.9 Å². The van der Waals surface area contributed by atoms with Crippen LogP contribution in [0.25, 0.3) is 10.9 Å². The molecule has 1 heterocycles. The monoisotopic (exact) mass is 438 g/mol. The SMILES string of the molecule is CCS(=O)C1CCCC(Nc2cc(C(=O)OC)nc3ccc(Br)cc23)C1. The summed E-state index contributed by atoms with van der Waals surface area (Å²) in [5, 5.41) is 4.77. The summed E-state index contributed by atoms with van der Waals surface area (Å²) in [5.41, 5.74) is 1.89. The number of carbonyl (C=O) groups is 1. The Morgan fingerprint density at radius 3 is 2.92 bits per heavy atom. The molecular formula is C19H23BrN2O3S. The fraction of sp³-hybridized carbons (Fsp3) is 0.474. The zero-order valence-corrected chi connectivity index (χ0v) is 17.4. The Labute approximate surface area is 164 Å². The number of pyridine rings is 1. The molecule has 3 atom stereocenters. The van der Waals surface area contributed by atoms with E-state index in [1.54, 1.807) is 6.07 Å². The van der Waals surface area contributed by atoms with E-state index in [2.05, 4.69) is 26.2 Å². The van der Waals surface area contributed by atoms with Gasteiger partial charge in [-0.3, -0.25) is 4.21 Å². The lowest BCUT2D eigenvalue weighted by atomic mass is 9.94. The molecule has 26 heavy (non-hydrogen) atoms. The summed E-state index contributed by atoms with van der Waals surface area (Å²) < 4.78 is 18.0. The quantitative estimate of drug-likeness (QED) is 0.705. The lowest BCUT2D eigenvalue weighted by Gasteiger charge is -2.30. The van der Waals surface area contributed by atoms with Crippen LogP contribution in [0, 0.1) is 0 Å². The number of rotatable bonds is 5. The second-order valence-corrected chi connectivity index (χ2v) is 9.43. The third-order valence-electron chi connectivity index (χ3n) is 4.81. The predicted molar refractivity (Wildman–Crippen MR) is 109 cm³/mol. The maximum Gasteiger partial charge on any atom is 0.356 e. The Kier molecular flexibility index (Phi) is 6.29. The van der Waals surface area contributed by atoms with Crippen LogP contribution in [0.3, 0.4) is 0 Å². The number of benzene rings is 1. The molecule has 1 saturated carbocycles. The highest BCUT2D eigenvalue weighted by Gasteiger charge is 2.26. The van der Waals surface area contributed by atoms with Gasteiger partial charge in [0, 0.05) is 43.4 Å². The summed E-state index contributed by atoms with van der Waals surface area (Å²) in [6, 6.07) is 7.77. The number of fused-ring (bicyclic) bond motifs is 1. The van der Waals surface area contributed by atoms with E-state index in [0.717, 1.165) is 46.7 Å². The standard InChI is InChI=1S/C19H23BrN2O3S/c1-3-26(24)14-6-4-5-13(10-14)21-17-11-18(19(23)25-2)22-16-8-7-12(20)9-15(16)17/h7-9,11,13-14H,3-6,10H2,1-2H3,(H,21,22). The van der Waals surface area contributed by atoms with Crippen molar-refractivity contribution < 1.29 is 13.7 Å². The number of hydrogen-bond donors (Lipinski definition) is 1. The summed E-state index contributed by atoms with van der Waals surface area (Å²) in [6.45, 7) is 1.98. The van der Waals surface area contributed by atoms with Crippen LogP contribution in [0.1, 0.15) is 43.1 Å².